The molecular weight excluding hydrogens is 295 g/mol. The fourth-order valence-corrected chi connectivity index (χ4v) is 2.64. The maximum atomic E-state index is 10.2. The second kappa shape index (κ2) is 5.49. The molecule has 0 aliphatic heterocycles. The highest BCUT2D eigenvalue weighted by atomic mass is 35.5. The molecule has 96 valence electrons. The molecule has 1 heterocycles. The lowest BCUT2D eigenvalue weighted by Crippen LogP contribution is -2.11. The zero-order valence-corrected chi connectivity index (χ0v) is 11.8. The number of halogens is 3. The van der Waals surface area contributed by atoms with Crippen molar-refractivity contribution in [3.8, 4) is 0 Å². The monoisotopic (exact) mass is 304 g/mol. The highest BCUT2D eigenvalue weighted by Gasteiger charge is 2.17. The van der Waals surface area contributed by atoms with Crippen LogP contribution in [0.25, 0.3) is 0 Å². The first kappa shape index (κ1) is 13.7. The predicted molar refractivity (Wildman–Crippen MR) is 73.4 cm³/mol. The normalized spacial score (nSPS) is 12.7. The van der Waals surface area contributed by atoms with Gasteiger partial charge in [0, 0.05) is 15.6 Å². The second-order valence-corrected chi connectivity index (χ2v) is 5.14. The van der Waals surface area contributed by atoms with Crippen LogP contribution in [0.3, 0.4) is 0 Å². The highest BCUT2D eigenvalue weighted by Crippen LogP contribution is 2.31. The molecule has 0 aliphatic rings. The van der Waals surface area contributed by atoms with Gasteiger partial charge in [0.15, 0.2) is 0 Å². The first-order valence-electron chi connectivity index (χ1n) is 5.31. The van der Waals surface area contributed by atoms with Gasteiger partial charge in [0.25, 0.3) is 0 Å². The predicted octanol–water partition coefficient (Wildman–Crippen LogP) is 3.89. The number of nitrogens with zero attached hydrogens (tertiary/aromatic N) is 2. The molecular formula is C12H11Cl3N2O. The van der Waals surface area contributed by atoms with Gasteiger partial charge in [-0.2, -0.15) is 5.10 Å². The molecule has 0 saturated carbocycles. The van der Waals surface area contributed by atoms with Crippen LogP contribution < -0.4 is 0 Å². The quantitative estimate of drug-likeness (QED) is 0.934. The molecule has 0 amide bonds. The summed E-state index contributed by atoms with van der Waals surface area (Å²) in [6.07, 6.45) is -0.858. The third kappa shape index (κ3) is 2.81. The number of aliphatic hydroxyl groups is 1. The minimum absolute atomic E-state index is 0.204. The van der Waals surface area contributed by atoms with Gasteiger partial charge in [-0.05, 0) is 25.1 Å². The molecule has 2 rings (SSSR count). The second-order valence-electron chi connectivity index (χ2n) is 3.94. The van der Waals surface area contributed by atoms with E-state index in [-0.39, 0.29) is 6.54 Å². The van der Waals surface area contributed by atoms with Crippen molar-refractivity contribution in [1.29, 1.82) is 0 Å². The number of hydrogen-bond donors (Lipinski definition) is 1. The number of rotatable bonds is 3. The summed E-state index contributed by atoms with van der Waals surface area (Å²) in [5.74, 6) is 0. The van der Waals surface area contributed by atoms with E-state index in [1.165, 1.54) is 4.68 Å². The lowest BCUT2D eigenvalue weighted by Gasteiger charge is -2.15. The maximum absolute atomic E-state index is 10.2. The van der Waals surface area contributed by atoms with Crippen molar-refractivity contribution < 1.29 is 5.11 Å². The SMILES string of the molecule is Cc1cc(Cl)n(CC(O)c2c(Cl)cccc2Cl)n1. The van der Waals surface area contributed by atoms with E-state index >= 15 is 0 Å². The van der Waals surface area contributed by atoms with Gasteiger partial charge in [-0.1, -0.05) is 40.9 Å². The first-order valence-corrected chi connectivity index (χ1v) is 6.44. The molecule has 3 nitrogen and oxygen atoms in total. The molecule has 0 bridgehead atoms. The molecule has 0 aliphatic carbocycles. The maximum Gasteiger partial charge on any atom is 0.127 e. The molecule has 2 aromatic rings. The third-order valence-electron chi connectivity index (χ3n) is 2.53. The van der Waals surface area contributed by atoms with Crippen molar-refractivity contribution >= 4 is 34.8 Å². The summed E-state index contributed by atoms with van der Waals surface area (Å²) < 4.78 is 1.52. The molecule has 1 aromatic heterocycles. The zero-order valence-electron chi connectivity index (χ0n) is 9.57. The van der Waals surface area contributed by atoms with Gasteiger partial charge in [0.2, 0.25) is 0 Å². The summed E-state index contributed by atoms with van der Waals surface area (Å²) in [5, 5.41) is 15.7. The number of aliphatic hydroxyl groups excluding tert-OH is 1. The topological polar surface area (TPSA) is 38.0 Å². The summed E-state index contributed by atoms with van der Waals surface area (Å²) in [6, 6.07) is 6.82. The van der Waals surface area contributed by atoms with Gasteiger partial charge >= 0.3 is 0 Å². The van der Waals surface area contributed by atoms with E-state index in [2.05, 4.69) is 5.10 Å². The Bertz CT molecular complexity index is 548. The van der Waals surface area contributed by atoms with Crippen LogP contribution in [-0.4, -0.2) is 14.9 Å². The van der Waals surface area contributed by atoms with E-state index < -0.39 is 6.10 Å². The largest absolute Gasteiger partial charge is 0.386 e. The van der Waals surface area contributed by atoms with Crippen LogP contribution in [0.15, 0.2) is 24.3 Å². The van der Waals surface area contributed by atoms with E-state index in [0.717, 1.165) is 5.69 Å². The van der Waals surface area contributed by atoms with Crippen LogP contribution in [0.4, 0.5) is 0 Å². The number of aryl methyl sites for hydroxylation is 1. The van der Waals surface area contributed by atoms with Crippen LogP contribution >= 0.6 is 34.8 Å². The van der Waals surface area contributed by atoms with Crippen LogP contribution in [0.5, 0.6) is 0 Å². The standard InChI is InChI=1S/C12H11Cl3N2O/c1-7-5-11(15)17(16-7)6-10(18)12-8(13)3-2-4-9(12)14/h2-5,10,18H,6H2,1H3. The first-order chi connectivity index (χ1) is 8.49. The molecule has 18 heavy (non-hydrogen) atoms. The summed E-state index contributed by atoms with van der Waals surface area (Å²) in [5.41, 5.74) is 1.28. The minimum Gasteiger partial charge on any atom is -0.386 e. The van der Waals surface area contributed by atoms with Crippen molar-refractivity contribution in [2.75, 3.05) is 0 Å². The van der Waals surface area contributed by atoms with Gasteiger partial charge < -0.3 is 5.11 Å². The van der Waals surface area contributed by atoms with E-state index in [0.29, 0.717) is 20.8 Å². The Morgan fingerprint density at radius 3 is 2.39 bits per heavy atom. The van der Waals surface area contributed by atoms with Gasteiger partial charge in [-0.3, -0.25) is 4.68 Å². The summed E-state index contributed by atoms with van der Waals surface area (Å²) in [4.78, 5) is 0. The molecule has 0 saturated heterocycles. The molecule has 0 radical (unpaired) electrons. The Kier molecular flexibility index (Phi) is 4.17. The van der Waals surface area contributed by atoms with Crippen molar-refractivity contribution in [2.24, 2.45) is 0 Å². The Labute approximate surface area is 120 Å². The van der Waals surface area contributed by atoms with Crippen LogP contribution in [0, 0.1) is 6.92 Å². The molecule has 0 fully saturated rings. The van der Waals surface area contributed by atoms with Crippen LogP contribution in [0.1, 0.15) is 17.4 Å². The third-order valence-corrected chi connectivity index (χ3v) is 3.50. The van der Waals surface area contributed by atoms with Gasteiger partial charge in [0.05, 0.1) is 12.2 Å². The molecule has 6 heteroatoms. The zero-order chi connectivity index (χ0) is 13.3. The Morgan fingerprint density at radius 1 is 1.28 bits per heavy atom. The van der Waals surface area contributed by atoms with Gasteiger partial charge in [0.1, 0.15) is 11.3 Å². The fraction of sp³-hybridized carbons (Fsp3) is 0.250. The van der Waals surface area contributed by atoms with Gasteiger partial charge in [-0.25, -0.2) is 0 Å². The van der Waals surface area contributed by atoms with Crippen molar-refractivity contribution in [3.05, 3.63) is 50.7 Å². The Hall–Kier alpha value is -0.740. The summed E-state index contributed by atoms with van der Waals surface area (Å²) in [6.45, 7) is 2.04. The number of aromatic nitrogens is 2. The molecule has 1 aromatic carbocycles. The van der Waals surface area contributed by atoms with E-state index in [1.807, 2.05) is 6.92 Å². The average Bonchev–Trinajstić information content (AvgIpc) is 2.57. The Balaban J connectivity index is 2.27. The molecule has 1 unspecified atom stereocenters. The number of hydrogen-bond acceptors (Lipinski definition) is 2. The fourth-order valence-electron chi connectivity index (χ4n) is 1.73. The molecule has 1 N–H and O–H groups in total. The smallest absolute Gasteiger partial charge is 0.127 e. The van der Waals surface area contributed by atoms with Crippen molar-refractivity contribution in [1.82, 2.24) is 9.78 Å². The lowest BCUT2D eigenvalue weighted by atomic mass is 10.1. The molecule has 0 spiro atoms. The van der Waals surface area contributed by atoms with E-state index in [4.69, 9.17) is 34.8 Å². The van der Waals surface area contributed by atoms with E-state index in [1.54, 1.807) is 24.3 Å². The van der Waals surface area contributed by atoms with Crippen molar-refractivity contribution in [2.45, 2.75) is 19.6 Å². The van der Waals surface area contributed by atoms with Gasteiger partial charge in [-0.15, -0.1) is 0 Å². The van der Waals surface area contributed by atoms with Crippen molar-refractivity contribution in [3.63, 3.8) is 0 Å². The highest BCUT2D eigenvalue weighted by molar-refractivity contribution is 6.36. The minimum atomic E-state index is -0.858. The Morgan fingerprint density at radius 2 is 1.89 bits per heavy atom. The van der Waals surface area contributed by atoms with E-state index in [9.17, 15) is 5.11 Å². The number of benzene rings is 1. The van der Waals surface area contributed by atoms with Crippen LogP contribution in [-0.2, 0) is 6.54 Å². The average molecular weight is 306 g/mol. The summed E-state index contributed by atoms with van der Waals surface area (Å²) >= 11 is 18.0. The van der Waals surface area contributed by atoms with Crippen LogP contribution in [0.2, 0.25) is 15.2 Å². The lowest BCUT2D eigenvalue weighted by molar-refractivity contribution is 0.151. The molecule has 1 atom stereocenters. The summed E-state index contributed by atoms with van der Waals surface area (Å²) in [7, 11) is 0.